The maximum absolute atomic E-state index is 11.8. The van der Waals surface area contributed by atoms with Crippen LogP contribution < -0.4 is 10.2 Å². The Bertz CT molecular complexity index is 850. The third-order valence-corrected chi connectivity index (χ3v) is 4.11. The fourth-order valence-electron chi connectivity index (χ4n) is 2.60. The number of anilines is 3. The van der Waals surface area contributed by atoms with E-state index in [1.165, 1.54) is 11.9 Å². The van der Waals surface area contributed by atoms with Crippen molar-refractivity contribution in [3.05, 3.63) is 72.4 Å². The third kappa shape index (κ3) is 4.03. The van der Waals surface area contributed by atoms with Crippen molar-refractivity contribution >= 4 is 23.6 Å². The van der Waals surface area contributed by atoms with E-state index < -0.39 is 0 Å². The van der Waals surface area contributed by atoms with Gasteiger partial charge in [-0.25, -0.2) is 9.97 Å². The molecule has 0 radical (unpaired) electrons. The van der Waals surface area contributed by atoms with Gasteiger partial charge in [0.05, 0.1) is 6.20 Å². The number of carbonyl (C=O) groups excluding carboxylic acids is 1. The van der Waals surface area contributed by atoms with Gasteiger partial charge in [-0.05, 0) is 41.3 Å². The van der Waals surface area contributed by atoms with Crippen molar-refractivity contribution < 1.29 is 4.79 Å². The predicted octanol–water partition coefficient (Wildman–Crippen LogP) is 3.90. The highest BCUT2D eigenvalue weighted by molar-refractivity contribution is 5.90. The van der Waals surface area contributed by atoms with E-state index in [0.717, 1.165) is 17.7 Å². The molecule has 0 spiro atoms. The van der Waals surface area contributed by atoms with E-state index in [9.17, 15) is 4.79 Å². The van der Waals surface area contributed by atoms with Crippen LogP contribution in [0.3, 0.4) is 0 Å². The van der Waals surface area contributed by atoms with Crippen molar-refractivity contribution in [1.29, 1.82) is 0 Å². The van der Waals surface area contributed by atoms with Gasteiger partial charge in [-0.15, -0.1) is 0 Å². The molecule has 0 aliphatic carbocycles. The summed E-state index contributed by atoms with van der Waals surface area (Å²) in [6, 6.07) is 11.8. The summed E-state index contributed by atoms with van der Waals surface area (Å²) < 4.78 is 0. The Morgan fingerprint density at radius 1 is 1.08 bits per heavy atom. The van der Waals surface area contributed by atoms with Crippen LogP contribution >= 0.6 is 0 Å². The van der Waals surface area contributed by atoms with Crippen LogP contribution in [0.4, 0.5) is 17.2 Å². The summed E-state index contributed by atoms with van der Waals surface area (Å²) in [5.74, 6) is 1.03. The molecule has 1 aromatic carbocycles. The molecule has 6 nitrogen and oxygen atoms in total. The topological polar surface area (TPSA) is 71.0 Å². The minimum absolute atomic E-state index is 0.436. The molecule has 132 valence electrons. The molecule has 2 heterocycles. The molecule has 0 aliphatic rings. The van der Waals surface area contributed by atoms with Gasteiger partial charge in [-0.2, -0.15) is 0 Å². The van der Waals surface area contributed by atoms with Crippen molar-refractivity contribution in [3.8, 4) is 0 Å². The third-order valence-electron chi connectivity index (χ3n) is 4.11. The molecule has 0 aliphatic heterocycles. The quantitative estimate of drug-likeness (QED) is 0.656. The lowest BCUT2D eigenvalue weighted by molar-refractivity contribution is -0.106. The first kappa shape index (κ1) is 17.5. The maximum Gasteiger partial charge on any atom is 0.218 e. The molecule has 0 saturated heterocycles. The SMILES string of the molecule is CC(C)c1ccc(N(C=O)c2cncnc2NCc2ccncc2)cc1. The van der Waals surface area contributed by atoms with Gasteiger partial charge < -0.3 is 5.32 Å². The summed E-state index contributed by atoms with van der Waals surface area (Å²) in [5.41, 5.74) is 3.67. The fourth-order valence-corrected chi connectivity index (χ4v) is 2.60. The fraction of sp³-hybridized carbons (Fsp3) is 0.200. The molecule has 0 fully saturated rings. The average molecular weight is 347 g/mol. The highest BCUT2D eigenvalue weighted by Gasteiger charge is 2.14. The number of hydrogen-bond acceptors (Lipinski definition) is 5. The van der Waals surface area contributed by atoms with E-state index in [4.69, 9.17) is 0 Å². The number of hydrogen-bond donors (Lipinski definition) is 1. The Morgan fingerprint density at radius 2 is 1.81 bits per heavy atom. The summed E-state index contributed by atoms with van der Waals surface area (Å²) in [5, 5.41) is 3.26. The molecule has 2 aromatic heterocycles. The Balaban J connectivity index is 1.85. The first-order chi connectivity index (χ1) is 12.7. The van der Waals surface area contributed by atoms with Crippen LogP contribution in [0.2, 0.25) is 0 Å². The Labute approximate surface area is 153 Å². The molecule has 0 unspecified atom stereocenters. The number of aromatic nitrogens is 3. The van der Waals surface area contributed by atoms with Gasteiger partial charge in [0.15, 0.2) is 5.82 Å². The highest BCUT2D eigenvalue weighted by atomic mass is 16.1. The second kappa shape index (κ2) is 8.20. The lowest BCUT2D eigenvalue weighted by Gasteiger charge is -2.20. The van der Waals surface area contributed by atoms with Crippen LogP contribution in [-0.2, 0) is 11.3 Å². The van der Waals surface area contributed by atoms with Crippen molar-refractivity contribution in [1.82, 2.24) is 15.0 Å². The van der Waals surface area contributed by atoms with Gasteiger partial charge in [-0.3, -0.25) is 14.7 Å². The zero-order valence-electron chi connectivity index (χ0n) is 14.8. The number of benzene rings is 1. The minimum atomic E-state index is 0.436. The van der Waals surface area contributed by atoms with Gasteiger partial charge in [0.1, 0.15) is 12.0 Å². The van der Waals surface area contributed by atoms with E-state index in [0.29, 0.717) is 24.0 Å². The normalized spacial score (nSPS) is 10.6. The molecule has 0 atom stereocenters. The summed E-state index contributed by atoms with van der Waals surface area (Å²) in [4.78, 5) is 25.7. The van der Waals surface area contributed by atoms with Crippen molar-refractivity contribution in [2.75, 3.05) is 10.2 Å². The van der Waals surface area contributed by atoms with Crippen LogP contribution in [0.15, 0.2) is 61.3 Å². The van der Waals surface area contributed by atoms with Gasteiger partial charge in [0, 0.05) is 24.6 Å². The van der Waals surface area contributed by atoms with Crippen LogP contribution in [0.5, 0.6) is 0 Å². The van der Waals surface area contributed by atoms with Crippen LogP contribution in [-0.4, -0.2) is 21.4 Å². The van der Waals surface area contributed by atoms with Crippen LogP contribution in [0.25, 0.3) is 0 Å². The first-order valence-electron chi connectivity index (χ1n) is 8.46. The Hall–Kier alpha value is -3.28. The van der Waals surface area contributed by atoms with Gasteiger partial charge in [0.25, 0.3) is 0 Å². The molecule has 3 aromatic rings. The highest BCUT2D eigenvalue weighted by Crippen LogP contribution is 2.30. The predicted molar refractivity (Wildman–Crippen MR) is 102 cm³/mol. The number of amides is 1. The lowest BCUT2D eigenvalue weighted by atomic mass is 10.0. The Kier molecular flexibility index (Phi) is 5.53. The summed E-state index contributed by atoms with van der Waals surface area (Å²) in [6.07, 6.45) is 7.36. The largest absolute Gasteiger partial charge is 0.364 e. The van der Waals surface area contributed by atoms with E-state index in [-0.39, 0.29) is 0 Å². The van der Waals surface area contributed by atoms with Crippen molar-refractivity contribution in [2.24, 2.45) is 0 Å². The van der Waals surface area contributed by atoms with Crippen LogP contribution in [0, 0.1) is 0 Å². The van der Waals surface area contributed by atoms with E-state index in [2.05, 4.69) is 34.1 Å². The summed E-state index contributed by atoms with van der Waals surface area (Å²) in [6.45, 7) is 4.85. The zero-order chi connectivity index (χ0) is 18.4. The number of nitrogens with zero attached hydrogens (tertiary/aromatic N) is 4. The standard InChI is InChI=1S/C20H21N5O/c1-15(2)17-3-5-18(6-4-17)25(14-26)19-12-22-13-24-20(19)23-11-16-7-9-21-10-8-16/h3-10,12-15H,11H2,1-2H3,(H,22,23,24). The molecule has 1 N–H and O–H groups in total. The second-order valence-electron chi connectivity index (χ2n) is 6.19. The molecule has 1 amide bonds. The van der Waals surface area contributed by atoms with Gasteiger partial charge in [0.2, 0.25) is 6.41 Å². The molecule has 0 bridgehead atoms. The van der Waals surface area contributed by atoms with E-state index in [1.807, 2.05) is 36.4 Å². The smallest absolute Gasteiger partial charge is 0.218 e. The molecular formula is C20H21N5O. The molecule has 0 saturated carbocycles. The number of pyridine rings is 1. The average Bonchev–Trinajstić information content (AvgIpc) is 2.69. The minimum Gasteiger partial charge on any atom is -0.364 e. The summed E-state index contributed by atoms with van der Waals surface area (Å²) >= 11 is 0. The summed E-state index contributed by atoms with van der Waals surface area (Å²) in [7, 11) is 0. The zero-order valence-corrected chi connectivity index (χ0v) is 14.8. The number of carbonyl (C=O) groups is 1. The van der Waals surface area contributed by atoms with Gasteiger partial charge >= 0.3 is 0 Å². The Morgan fingerprint density at radius 3 is 2.46 bits per heavy atom. The molecule has 26 heavy (non-hydrogen) atoms. The van der Waals surface area contributed by atoms with Gasteiger partial charge in [-0.1, -0.05) is 26.0 Å². The monoisotopic (exact) mass is 347 g/mol. The van der Waals surface area contributed by atoms with E-state index >= 15 is 0 Å². The maximum atomic E-state index is 11.8. The van der Waals surface area contributed by atoms with E-state index in [1.54, 1.807) is 23.5 Å². The van der Waals surface area contributed by atoms with Crippen LogP contribution in [0.1, 0.15) is 30.9 Å². The lowest BCUT2D eigenvalue weighted by Crippen LogP contribution is -2.17. The molecular weight excluding hydrogens is 326 g/mol. The van der Waals surface area contributed by atoms with Crippen molar-refractivity contribution in [2.45, 2.75) is 26.3 Å². The molecule has 6 heteroatoms. The number of nitrogens with one attached hydrogen (secondary N) is 1. The number of rotatable bonds is 7. The second-order valence-corrected chi connectivity index (χ2v) is 6.19. The first-order valence-corrected chi connectivity index (χ1v) is 8.46. The van der Waals surface area contributed by atoms with Crippen molar-refractivity contribution in [3.63, 3.8) is 0 Å². The molecule has 3 rings (SSSR count).